The fourth-order valence-corrected chi connectivity index (χ4v) is 2.74. The summed E-state index contributed by atoms with van der Waals surface area (Å²) in [4.78, 5) is 24.1. The SMILES string of the molecule is O=C(NNC(=O)C1CC(n2ccnn2)C1)c1cccs1. The molecule has 2 aromatic heterocycles. The molecule has 2 N–H and O–H groups in total. The maximum absolute atomic E-state index is 11.8. The van der Waals surface area contributed by atoms with Gasteiger partial charge in [-0.2, -0.15) is 0 Å². The van der Waals surface area contributed by atoms with Crippen LogP contribution in [0, 0.1) is 5.92 Å². The number of aromatic nitrogens is 3. The molecule has 0 aromatic carbocycles. The van der Waals surface area contributed by atoms with E-state index in [1.165, 1.54) is 11.3 Å². The van der Waals surface area contributed by atoms with E-state index < -0.39 is 0 Å². The maximum Gasteiger partial charge on any atom is 0.279 e. The van der Waals surface area contributed by atoms with Gasteiger partial charge in [-0.3, -0.25) is 20.4 Å². The summed E-state index contributed by atoms with van der Waals surface area (Å²) in [7, 11) is 0. The summed E-state index contributed by atoms with van der Waals surface area (Å²) in [6.07, 6.45) is 4.83. The van der Waals surface area contributed by atoms with Gasteiger partial charge in [0.2, 0.25) is 5.91 Å². The molecule has 0 atom stereocenters. The van der Waals surface area contributed by atoms with Gasteiger partial charge in [0.1, 0.15) is 0 Å². The standard InChI is InChI=1S/C12H13N5O2S/c18-11(14-15-12(19)10-2-1-5-20-10)8-6-9(7-8)17-4-3-13-16-17/h1-5,8-9H,6-7H2,(H,14,18)(H,15,19). The number of nitrogens with zero attached hydrogens (tertiary/aromatic N) is 3. The maximum atomic E-state index is 11.8. The van der Waals surface area contributed by atoms with Gasteiger partial charge in [-0.1, -0.05) is 11.3 Å². The van der Waals surface area contributed by atoms with Crippen molar-refractivity contribution in [3.8, 4) is 0 Å². The third-order valence-corrected chi connectivity index (χ3v) is 4.21. The molecule has 104 valence electrons. The van der Waals surface area contributed by atoms with Crippen LogP contribution < -0.4 is 10.9 Å². The highest BCUT2D eigenvalue weighted by molar-refractivity contribution is 7.12. The van der Waals surface area contributed by atoms with Crippen molar-refractivity contribution in [3.05, 3.63) is 34.8 Å². The number of rotatable bonds is 3. The van der Waals surface area contributed by atoms with E-state index in [-0.39, 0.29) is 23.8 Å². The van der Waals surface area contributed by atoms with Crippen LogP contribution in [0.15, 0.2) is 29.9 Å². The number of hydrogen-bond donors (Lipinski definition) is 2. The molecule has 0 saturated heterocycles. The van der Waals surface area contributed by atoms with Crippen molar-refractivity contribution in [1.29, 1.82) is 0 Å². The van der Waals surface area contributed by atoms with E-state index in [1.807, 2.05) is 5.38 Å². The van der Waals surface area contributed by atoms with Crippen LogP contribution in [0.1, 0.15) is 28.6 Å². The summed E-state index contributed by atoms with van der Waals surface area (Å²) in [5, 5.41) is 9.46. The average Bonchev–Trinajstić information content (AvgIpc) is 3.06. The zero-order valence-electron chi connectivity index (χ0n) is 10.5. The summed E-state index contributed by atoms with van der Waals surface area (Å²) in [5.41, 5.74) is 4.88. The Labute approximate surface area is 119 Å². The van der Waals surface area contributed by atoms with Gasteiger partial charge in [0.15, 0.2) is 0 Å². The number of carbonyl (C=O) groups excluding carboxylic acids is 2. The van der Waals surface area contributed by atoms with E-state index in [0.717, 1.165) is 0 Å². The third-order valence-electron chi connectivity index (χ3n) is 3.34. The van der Waals surface area contributed by atoms with E-state index >= 15 is 0 Å². The number of nitrogens with one attached hydrogen (secondary N) is 2. The van der Waals surface area contributed by atoms with E-state index in [0.29, 0.717) is 17.7 Å². The molecule has 1 aliphatic carbocycles. The highest BCUT2D eigenvalue weighted by Gasteiger charge is 2.36. The smallest absolute Gasteiger partial charge is 0.273 e. The van der Waals surface area contributed by atoms with Crippen molar-refractivity contribution in [2.24, 2.45) is 5.92 Å². The number of hydrazine groups is 1. The Balaban J connectivity index is 1.44. The van der Waals surface area contributed by atoms with Gasteiger partial charge in [0.05, 0.1) is 17.1 Å². The molecule has 7 nitrogen and oxygen atoms in total. The Kier molecular flexibility index (Phi) is 3.46. The van der Waals surface area contributed by atoms with Crippen molar-refractivity contribution >= 4 is 23.2 Å². The Morgan fingerprint density at radius 1 is 1.35 bits per heavy atom. The largest absolute Gasteiger partial charge is 0.279 e. The molecule has 2 heterocycles. The van der Waals surface area contributed by atoms with Crippen LogP contribution in [0.4, 0.5) is 0 Å². The van der Waals surface area contributed by atoms with Gasteiger partial charge >= 0.3 is 0 Å². The number of amides is 2. The zero-order valence-corrected chi connectivity index (χ0v) is 11.3. The molecule has 1 saturated carbocycles. The lowest BCUT2D eigenvalue weighted by molar-refractivity contribution is -0.129. The predicted molar refractivity (Wildman–Crippen MR) is 71.7 cm³/mol. The molecule has 1 aliphatic rings. The lowest BCUT2D eigenvalue weighted by Crippen LogP contribution is -2.47. The monoisotopic (exact) mass is 291 g/mol. The fourth-order valence-electron chi connectivity index (χ4n) is 2.12. The first-order valence-electron chi connectivity index (χ1n) is 6.23. The van der Waals surface area contributed by atoms with Gasteiger partial charge in [0, 0.05) is 12.1 Å². The van der Waals surface area contributed by atoms with Crippen LogP contribution in [-0.2, 0) is 4.79 Å². The van der Waals surface area contributed by atoms with Gasteiger partial charge in [0.25, 0.3) is 5.91 Å². The Morgan fingerprint density at radius 2 is 2.20 bits per heavy atom. The summed E-state index contributed by atoms with van der Waals surface area (Å²) >= 11 is 1.33. The lowest BCUT2D eigenvalue weighted by Gasteiger charge is -2.33. The Morgan fingerprint density at radius 3 is 2.85 bits per heavy atom. The molecule has 0 aliphatic heterocycles. The molecule has 0 spiro atoms. The molecule has 0 unspecified atom stereocenters. The molecular formula is C12H13N5O2S. The van der Waals surface area contributed by atoms with Crippen molar-refractivity contribution in [1.82, 2.24) is 25.8 Å². The summed E-state index contributed by atoms with van der Waals surface area (Å²) < 4.78 is 1.76. The zero-order chi connectivity index (χ0) is 13.9. The van der Waals surface area contributed by atoms with Crippen molar-refractivity contribution in [3.63, 3.8) is 0 Å². The number of thiophene rings is 1. The molecule has 3 rings (SSSR count). The molecule has 1 fully saturated rings. The minimum absolute atomic E-state index is 0.0900. The quantitative estimate of drug-likeness (QED) is 0.817. The van der Waals surface area contributed by atoms with Gasteiger partial charge in [-0.05, 0) is 24.3 Å². The first-order valence-corrected chi connectivity index (χ1v) is 7.11. The first kappa shape index (κ1) is 12.8. The first-order chi connectivity index (χ1) is 9.74. The normalized spacial score (nSPS) is 21.0. The fraction of sp³-hybridized carbons (Fsp3) is 0.333. The topological polar surface area (TPSA) is 88.9 Å². The molecular weight excluding hydrogens is 278 g/mol. The van der Waals surface area contributed by atoms with Crippen LogP contribution in [-0.4, -0.2) is 26.8 Å². The average molecular weight is 291 g/mol. The minimum atomic E-state index is -0.291. The van der Waals surface area contributed by atoms with Crippen molar-refractivity contribution < 1.29 is 9.59 Å². The highest BCUT2D eigenvalue weighted by Crippen LogP contribution is 2.36. The molecule has 0 radical (unpaired) electrons. The Hall–Kier alpha value is -2.22. The molecule has 8 heteroatoms. The third kappa shape index (κ3) is 2.55. The summed E-state index contributed by atoms with van der Waals surface area (Å²) in [6, 6.07) is 3.72. The van der Waals surface area contributed by atoms with Gasteiger partial charge in [-0.15, -0.1) is 16.4 Å². The molecule has 2 amide bonds. The number of hydrogen-bond acceptors (Lipinski definition) is 5. The molecule has 2 aromatic rings. The molecule has 20 heavy (non-hydrogen) atoms. The Bertz CT molecular complexity index is 589. The van der Waals surface area contributed by atoms with Crippen molar-refractivity contribution in [2.75, 3.05) is 0 Å². The lowest BCUT2D eigenvalue weighted by atomic mass is 9.80. The van der Waals surface area contributed by atoms with Gasteiger partial charge in [-0.25, -0.2) is 4.68 Å². The number of carbonyl (C=O) groups is 2. The second kappa shape index (κ2) is 5.41. The van der Waals surface area contributed by atoms with E-state index in [9.17, 15) is 9.59 Å². The van der Waals surface area contributed by atoms with E-state index in [4.69, 9.17) is 0 Å². The van der Waals surface area contributed by atoms with Crippen molar-refractivity contribution in [2.45, 2.75) is 18.9 Å². The second-order valence-corrected chi connectivity index (χ2v) is 5.57. The van der Waals surface area contributed by atoms with E-state index in [1.54, 1.807) is 29.2 Å². The van der Waals surface area contributed by atoms with Crippen LogP contribution in [0.25, 0.3) is 0 Å². The summed E-state index contributed by atoms with van der Waals surface area (Å²) in [6.45, 7) is 0. The predicted octanol–water partition coefficient (Wildman–Crippen LogP) is 0.752. The van der Waals surface area contributed by atoms with Crippen LogP contribution in [0.2, 0.25) is 0 Å². The minimum Gasteiger partial charge on any atom is -0.273 e. The second-order valence-electron chi connectivity index (χ2n) is 4.63. The van der Waals surface area contributed by atoms with Crippen LogP contribution in [0.5, 0.6) is 0 Å². The highest BCUT2D eigenvalue weighted by atomic mass is 32.1. The van der Waals surface area contributed by atoms with Gasteiger partial charge < -0.3 is 0 Å². The molecule has 0 bridgehead atoms. The van der Waals surface area contributed by atoms with Crippen LogP contribution >= 0.6 is 11.3 Å². The van der Waals surface area contributed by atoms with E-state index in [2.05, 4.69) is 21.2 Å². The van der Waals surface area contributed by atoms with Crippen LogP contribution in [0.3, 0.4) is 0 Å². The summed E-state index contributed by atoms with van der Waals surface area (Å²) in [5.74, 6) is -0.542.